The van der Waals surface area contributed by atoms with Gasteiger partial charge in [-0.2, -0.15) is 0 Å². The van der Waals surface area contributed by atoms with Crippen molar-refractivity contribution in [2.75, 3.05) is 7.05 Å². The van der Waals surface area contributed by atoms with Crippen LogP contribution in [0.5, 0.6) is 5.75 Å². The van der Waals surface area contributed by atoms with Crippen molar-refractivity contribution >= 4 is 5.69 Å². The maximum atomic E-state index is 11.2. The van der Waals surface area contributed by atoms with Gasteiger partial charge >= 0.3 is 5.69 Å². The molecule has 0 amide bonds. The van der Waals surface area contributed by atoms with E-state index in [1.54, 1.807) is 18.2 Å². The van der Waals surface area contributed by atoms with Crippen LogP contribution in [-0.2, 0) is 0 Å². The summed E-state index contributed by atoms with van der Waals surface area (Å²) in [6, 6.07) is 5.56. The second kappa shape index (κ2) is 5.30. The van der Waals surface area contributed by atoms with E-state index in [9.17, 15) is 10.1 Å². The molecule has 114 valence electrons. The fourth-order valence-corrected chi connectivity index (χ4v) is 4.04. The van der Waals surface area contributed by atoms with Crippen LogP contribution in [0.15, 0.2) is 18.2 Å². The number of nitro benzene ring substituents is 1. The Kier molecular flexibility index (Phi) is 3.61. The summed E-state index contributed by atoms with van der Waals surface area (Å²) in [5.41, 5.74) is 1.23. The van der Waals surface area contributed by atoms with E-state index >= 15 is 0 Å². The van der Waals surface area contributed by atoms with Crippen LogP contribution >= 0.6 is 0 Å². The molecule has 5 nitrogen and oxygen atoms in total. The fraction of sp³-hybridized carbons (Fsp3) is 0.625. The normalized spacial score (nSPS) is 26.6. The number of ether oxygens (including phenoxy) is 1. The highest BCUT2D eigenvalue weighted by Crippen LogP contribution is 2.55. The third-order valence-electron chi connectivity index (χ3n) is 5.25. The minimum absolute atomic E-state index is 0.0710. The van der Waals surface area contributed by atoms with Gasteiger partial charge in [-0.3, -0.25) is 10.1 Å². The second-order valence-corrected chi connectivity index (χ2v) is 6.35. The molecule has 0 heterocycles. The Morgan fingerprint density at radius 3 is 2.71 bits per heavy atom. The lowest BCUT2D eigenvalue weighted by atomic mass is 9.60. The fourth-order valence-electron chi connectivity index (χ4n) is 4.04. The molecule has 0 saturated heterocycles. The van der Waals surface area contributed by atoms with Gasteiger partial charge in [0.15, 0.2) is 5.75 Å². The average Bonchev–Trinajstić information content (AvgIpc) is 2.95. The highest BCUT2D eigenvalue weighted by atomic mass is 16.6. The zero-order valence-electron chi connectivity index (χ0n) is 12.6. The van der Waals surface area contributed by atoms with Crippen LogP contribution in [0.2, 0.25) is 0 Å². The van der Waals surface area contributed by atoms with Crippen molar-refractivity contribution in [3.63, 3.8) is 0 Å². The molecule has 0 aliphatic heterocycles. The van der Waals surface area contributed by atoms with Gasteiger partial charge in [-0.15, -0.1) is 0 Å². The molecule has 2 aliphatic rings. The molecule has 2 aliphatic carbocycles. The van der Waals surface area contributed by atoms with Gasteiger partial charge in [-0.25, -0.2) is 0 Å². The number of hydrogen-bond donors (Lipinski definition) is 1. The average molecular weight is 290 g/mol. The Labute approximate surface area is 124 Å². The van der Waals surface area contributed by atoms with Crippen molar-refractivity contribution in [2.24, 2.45) is 5.41 Å². The number of hydrogen-bond acceptors (Lipinski definition) is 4. The molecule has 2 fully saturated rings. The SMILES string of the molecule is CNC1CC(Oc2cc(C)ccc2[N+](=O)[O-])C12CCCC2. The molecule has 0 aromatic heterocycles. The van der Waals surface area contributed by atoms with E-state index in [-0.39, 0.29) is 22.1 Å². The number of aryl methyl sites for hydroxylation is 1. The van der Waals surface area contributed by atoms with Crippen LogP contribution in [-0.4, -0.2) is 24.1 Å². The summed E-state index contributed by atoms with van der Waals surface area (Å²) in [7, 11) is 2.00. The highest BCUT2D eigenvalue weighted by molar-refractivity contribution is 5.48. The van der Waals surface area contributed by atoms with Crippen molar-refractivity contribution in [2.45, 2.75) is 51.2 Å². The highest BCUT2D eigenvalue weighted by Gasteiger charge is 2.57. The molecule has 1 spiro atoms. The Hall–Kier alpha value is -1.62. The quantitative estimate of drug-likeness (QED) is 0.683. The van der Waals surface area contributed by atoms with Crippen LogP contribution in [0.25, 0.3) is 0 Å². The molecule has 21 heavy (non-hydrogen) atoms. The number of nitrogens with zero attached hydrogens (tertiary/aromatic N) is 1. The van der Waals surface area contributed by atoms with Crippen LogP contribution in [0.4, 0.5) is 5.69 Å². The molecule has 3 rings (SSSR count). The summed E-state index contributed by atoms with van der Waals surface area (Å²) < 4.78 is 6.11. The molecule has 5 heteroatoms. The maximum absolute atomic E-state index is 11.2. The number of nitro groups is 1. The topological polar surface area (TPSA) is 64.4 Å². The molecular weight excluding hydrogens is 268 g/mol. The van der Waals surface area contributed by atoms with Crippen molar-refractivity contribution in [3.8, 4) is 5.75 Å². The second-order valence-electron chi connectivity index (χ2n) is 6.35. The van der Waals surface area contributed by atoms with Crippen LogP contribution < -0.4 is 10.1 Å². The predicted octanol–water partition coefficient (Wildman–Crippen LogP) is 3.20. The van der Waals surface area contributed by atoms with Gasteiger partial charge < -0.3 is 10.1 Å². The standard InChI is InChI=1S/C16H22N2O3/c1-11-5-6-12(18(19)20)13(9-11)21-15-10-14(17-2)16(15)7-3-4-8-16/h5-6,9,14-15,17H,3-4,7-8,10H2,1-2H3. The van der Waals surface area contributed by atoms with Crippen molar-refractivity contribution in [1.29, 1.82) is 0 Å². The lowest BCUT2D eigenvalue weighted by molar-refractivity contribution is -0.386. The summed E-state index contributed by atoms with van der Waals surface area (Å²) in [6.07, 6.45) is 5.80. The zero-order chi connectivity index (χ0) is 15.0. The van der Waals surface area contributed by atoms with Gasteiger partial charge in [0.25, 0.3) is 0 Å². The van der Waals surface area contributed by atoms with E-state index in [2.05, 4.69) is 5.32 Å². The van der Waals surface area contributed by atoms with Gasteiger partial charge in [-0.05, 0) is 38.4 Å². The number of benzene rings is 1. The van der Waals surface area contributed by atoms with Crippen LogP contribution in [0, 0.1) is 22.5 Å². The first-order valence-corrected chi connectivity index (χ1v) is 7.66. The van der Waals surface area contributed by atoms with Gasteiger partial charge in [0.1, 0.15) is 6.10 Å². The minimum atomic E-state index is -0.357. The first-order chi connectivity index (χ1) is 10.1. The van der Waals surface area contributed by atoms with E-state index in [1.165, 1.54) is 12.8 Å². The third kappa shape index (κ3) is 2.29. The van der Waals surface area contributed by atoms with Crippen LogP contribution in [0.3, 0.4) is 0 Å². The molecule has 1 aromatic rings. The number of nitrogens with one attached hydrogen (secondary N) is 1. The summed E-state index contributed by atoms with van der Waals surface area (Å²) in [5.74, 6) is 0.422. The lowest BCUT2D eigenvalue weighted by Gasteiger charge is -2.53. The van der Waals surface area contributed by atoms with Crippen molar-refractivity contribution in [3.05, 3.63) is 33.9 Å². The van der Waals surface area contributed by atoms with Gasteiger partial charge in [-0.1, -0.05) is 18.9 Å². The molecule has 1 N–H and O–H groups in total. The molecule has 2 atom stereocenters. The molecule has 2 unspecified atom stereocenters. The van der Waals surface area contributed by atoms with Crippen molar-refractivity contribution in [1.82, 2.24) is 5.32 Å². The Balaban J connectivity index is 1.84. The first kappa shape index (κ1) is 14.3. The Bertz CT molecular complexity index is 552. The van der Waals surface area contributed by atoms with Gasteiger partial charge in [0.2, 0.25) is 0 Å². The van der Waals surface area contributed by atoms with E-state index in [4.69, 9.17) is 4.74 Å². The van der Waals surface area contributed by atoms with Gasteiger partial charge in [0.05, 0.1) is 4.92 Å². The Morgan fingerprint density at radius 2 is 2.10 bits per heavy atom. The minimum Gasteiger partial charge on any atom is -0.483 e. The zero-order valence-corrected chi connectivity index (χ0v) is 12.6. The Morgan fingerprint density at radius 1 is 1.38 bits per heavy atom. The van der Waals surface area contributed by atoms with Gasteiger partial charge in [0, 0.05) is 23.9 Å². The van der Waals surface area contributed by atoms with E-state index in [0.29, 0.717) is 11.8 Å². The molecule has 0 radical (unpaired) electrons. The van der Waals surface area contributed by atoms with E-state index in [0.717, 1.165) is 24.8 Å². The monoisotopic (exact) mass is 290 g/mol. The summed E-state index contributed by atoms with van der Waals surface area (Å²) in [4.78, 5) is 10.8. The summed E-state index contributed by atoms with van der Waals surface area (Å²) in [5, 5.41) is 14.6. The van der Waals surface area contributed by atoms with E-state index in [1.807, 2.05) is 14.0 Å². The summed E-state index contributed by atoms with van der Waals surface area (Å²) >= 11 is 0. The number of rotatable bonds is 4. The summed E-state index contributed by atoms with van der Waals surface area (Å²) in [6.45, 7) is 1.93. The largest absolute Gasteiger partial charge is 0.483 e. The maximum Gasteiger partial charge on any atom is 0.310 e. The van der Waals surface area contributed by atoms with E-state index < -0.39 is 0 Å². The molecule has 0 bridgehead atoms. The smallest absolute Gasteiger partial charge is 0.310 e. The first-order valence-electron chi connectivity index (χ1n) is 7.66. The molecule has 1 aromatic carbocycles. The van der Waals surface area contributed by atoms with Crippen molar-refractivity contribution < 1.29 is 9.66 Å². The lowest BCUT2D eigenvalue weighted by Crippen LogP contribution is -2.63. The third-order valence-corrected chi connectivity index (χ3v) is 5.25. The van der Waals surface area contributed by atoms with Crippen LogP contribution in [0.1, 0.15) is 37.7 Å². The molecule has 2 saturated carbocycles. The predicted molar refractivity (Wildman–Crippen MR) is 80.6 cm³/mol. The molecular formula is C16H22N2O3.